The van der Waals surface area contributed by atoms with Gasteiger partial charge in [0.25, 0.3) is 0 Å². The molecule has 3 aromatic rings. The van der Waals surface area contributed by atoms with E-state index in [1.54, 1.807) is 12.1 Å². The summed E-state index contributed by atoms with van der Waals surface area (Å²) in [6.45, 7) is 1.90. The third kappa shape index (κ3) is 2.57. The van der Waals surface area contributed by atoms with Crippen LogP contribution in [0.1, 0.15) is 5.56 Å². The lowest BCUT2D eigenvalue weighted by Gasteiger charge is -2.07. The second-order valence-corrected chi connectivity index (χ2v) is 5.37. The molecule has 0 fully saturated rings. The molecule has 0 saturated heterocycles. The van der Waals surface area contributed by atoms with E-state index in [-0.39, 0.29) is 21.9 Å². The number of aromatic nitrogens is 2. The summed E-state index contributed by atoms with van der Waals surface area (Å²) in [5.74, 6) is -1.33. The van der Waals surface area contributed by atoms with E-state index in [1.807, 2.05) is 13.0 Å². The highest BCUT2D eigenvalue weighted by Crippen LogP contribution is 2.31. The molecule has 2 nitrogen and oxygen atoms in total. The summed E-state index contributed by atoms with van der Waals surface area (Å²) >= 11 is 12.2. The van der Waals surface area contributed by atoms with Crippen molar-refractivity contribution in [1.29, 1.82) is 0 Å². The summed E-state index contributed by atoms with van der Waals surface area (Å²) in [6.07, 6.45) is 0. The Morgan fingerprint density at radius 2 is 1.76 bits per heavy atom. The molecule has 0 spiro atoms. The van der Waals surface area contributed by atoms with Crippen molar-refractivity contribution in [2.24, 2.45) is 0 Å². The fraction of sp³-hybridized carbons (Fsp3) is 0.0667. The Balaban J connectivity index is 2.30. The summed E-state index contributed by atoms with van der Waals surface area (Å²) in [6, 6.07) is 7.17. The fourth-order valence-electron chi connectivity index (χ4n) is 2.04. The molecular weight excluding hydrogens is 317 g/mol. The van der Waals surface area contributed by atoms with Crippen molar-refractivity contribution < 1.29 is 8.78 Å². The maximum atomic E-state index is 13.9. The average molecular weight is 325 g/mol. The maximum absolute atomic E-state index is 13.9. The summed E-state index contributed by atoms with van der Waals surface area (Å²) in [4.78, 5) is 8.20. The minimum absolute atomic E-state index is 0.0231. The van der Waals surface area contributed by atoms with Crippen molar-refractivity contribution in [3.05, 3.63) is 57.7 Å². The summed E-state index contributed by atoms with van der Waals surface area (Å²) in [5.41, 5.74) is 1.47. The molecule has 6 heteroatoms. The molecule has 3 rings (SSSR count). The summed E-state index contributed by atoms with van der Waals surface area (Å²) < 4.78 is 27.1. The van der Waals surface area contributed by atoms with E-state index in [0.29, 0.717) is 10.6 Å². The minimum Gasteiger partial charge on any atom is -0.225 e. The van der Waals surface area contributed by atoms with Gasteiger partial charge in [-0.1, -0.05) is 29.3 Å². The molecule has 0 atom stereocenters. The first-order valence-corrected chi connectivity index (χ1v) is 6.80. The Morgan fingerprint density at radius 1 is 1.00 bits per heavy atom. The average Bonchev–Trinajstić information content (AvgIpc) is 2.40. The van der Waals surface area contributed by atoms with Crippen molar-refractivity contribution >= 4 is 34.1 Å². The standard InChI is InChI=1S/C15H8Cl2F2N2/c1-7-2-3-9(11(16)4-7)15-20-13-10(14(17)21-15)5-8(18)6-12(13)19/h2-6H,1H3. The molecule has 0 N–H and O–H groups in total. The van der Waals surface area contributed by atoms with Crippen LogP contribution in [0.15, 0.2) is 30.3 Å². The maximum Gasteiger partial charge on any atom is 0.163 e. The van der Waals surface area contributed by atoms with Gasteiger partial charge in [0.2, 0.25) is 0 Å². The molecule has 0 aliphatic rings. The van der Waals surface area contributed by atoms with E-state index in [1.165, 1.54) is 0 Å². The van der Waals surface area contributed by atoms with Gasteiger partial charge in [-0.15, -0.1) is 0 Å². The van der Waals surface area contributed by atoms with E-state index in [9.17, 15) is 8.78 Å². The number of aryl methyl sites for hydroxylation is 1. The second kappa shape index (κ2) is 5.20. The van der Waals surface area contributed by atoms with Crippen LogP contribution in [0, 0.1) is 18.6 Å². The Kier molecular flexibility index (Phi) is 3.51. The van der Waals surface area contributed by atoms with Gasteiger partial charge in [0.05, 0.1) is 5.02 Å². The molecule has 0 radical (unpaired) electrons. The molecule has 0 unspecified atom stereocenters. The molecular formula is C15H8Cl2F2N2. The van der Waals surface area contributed by atoms with Crippen molar-refractivity contribution in [3.63, 3.8) is 0 Å². The lowest BCUT2D eigenvalue weighted by atomic mass is 10.1. The topological polar surface area (TPSA) is 25.8 Å². The first-order chi connectivity index (χ1) is 9.95. The number of halogens is 4. The van der Waals surface area contributed by atoms with Crippen LogP contribution in [-0.4, -0.2) is 9.97 Å². The van der Waals surface area contributed by atoms with E-state index < -0.39 is 11.6 Å². The SMILES string of the molecule is Cc1ccc(-c2nc(Cl)c3cc(F)cc(F)c3n2)c(Cl)c1. The summed E-state index contributed by atoms with van der Waals surface area (Å²) in [7, 11) is 0. The largest absolute Gasteiger partial charge is 0.225 e. The highest BCUT2D eigenvalue weighted by molar-refractivity contribution is 6.35. The van der Waals surface area contributed by atoms with Crippen LogP contribution >= 0.6 is 23.2 Å². The van der Waals surface area contributed by atoms with Crippen molar-refractivity contribution in [1.82, 2.24) is 9.97 Å². The van der Waals surface area contributed by atoms with Gasteiger partial charge in [-0.3, -0.25) is 0 Å². The van der Waals surface area contributed by atoms with Crippen molar-refractivity contribution in [3.8, 4) is 11.4 Å². The number of benzene rings is 2. The van der Waals surface area contributed by atoms with E-state index in [2.05, 4.69) is 9.97 Å². The van der Waals surface area contributed by atoms with Crippen LogP contribution in [-0.2, 0) is 0 Å². The molecule has 2 aromatic carbocycles. The monoisotopic (exact) mass is 324 g/mol. The Hall–Kier alpha value is -1.78. The predicted molar refractivity (Wildman–Crippen MR) is 79.6 cm³/mol. The van der Waals surface area contributed by atoms with Crippen LogP contribution in [0.2, 0.25) is 10.2 Å². The Bertz CT molecular complexity index is 866. The number of hydrogen-bond donors (Lipinski definition) is 0. The molecule has 0 aliphatic carbocycles. The molecule has 0 aliphatic heterocycles. The summed E-state index contributed by atoms with van der Waals surface area (Å²) in [5, 5.41) is 0.541. The Labute approximate surface area is 129 Å². The first-order valence-electron chi connectivity index (χ1n) is 6.04. The van der Waals surface area contributed by atoms with Gasteiger partial charge in [-0.05, 0) is 30.7 Å². The third-order valence-corrected chi connectivity index (χ3v) is 3.64. The minimum atomic E-state index is -0.793. The smallest absolute Gasteiger partial charge is 0.163 e. The van der Waals surface area contributed by atoms with Gasteiger partial charge in [-0.25, -0.2) is 18.7 Å². The third-order valence-electron chi connectivity index (χ3n) is 3.04. The molecule has 0 amide bonds. The number of rotatable bonds is 1. The van der Waals surface area contributed by atoms with Crippen LogP contribution in [0.4, 0.5) is 8.78 Å². The van der Waals surface area contributed by atoms with Crippen molar-refractivity contribution in [2.45, 2.75) is 6.92 Å². The molecule has 0 bridgehead atoms. The first kappa shape index (κ1) is 14.2. The molecule has 21 heavy (non-hydrogen) atoms. The molecule has 106 valence electrons. The van der Waals surface area contributed by atoms with Crippen LogP contribution in [0.3, 0.4) is 0 Å². The zero-order valence-electron chi connectivity index (χ0n) is 10.8. The normalized spacial score (nSPS) is 11.1. The van der Waals surface area contributed by atoms with Gasteiger partial charge in [-0.2, -0.15) is 0 Å². The van der Waals surface area contributed by atoms with Gasteiger partial charge in [0.15, 0.2) is 11.6 Å². The predicted octanol–water partition coefficient (Wildman–Crippen LogP) is 5.19. The lowest BCUT2D eigenvalue weighted by Crippen LogP contribution is -1.96. The fourth-order valence-corrected chi connectivity index (χ4v) is 2.59. The Morgan fingerprint density at radius 3 is 2.48 bits per heavy atom. The zero-order valence-corrected chi connectivity index (χ0v) is 12.3. The van der Waals surface area contributed by atoms with E-state index >= 15 is 0 Å². The van der Waals surface area contributed by atoms with Crippen LogP contribution in [0.5, 0.6) is 0 Å². The molecule has 0 saturated carbocycles. The lowest BCUT2D eigenvalue weighted by molar-refractivity contribution is 0.590. The van der Waals surface area contributed by atoms with Gasteiger partial charge in [0.1, 0.15) is 16.5 Å². The van der Waals surface area contributed by atoms with Gasteiger partial charge in [0, 0.05) is 17.0 Å². The van der Waals surface area contributed by atoms with E-state index in [4.69, 9.17) is 23.2 Å². The quantitative estimate of drug-likeness (QED) is 0.575. The highest BCUT2D eigenvalue weighted by Gasteiger charge is 2.14. The number of hydrogen-bond acceptors (Lipinski definition) is 2. The second-order valence-electron chi connectivity index (χ2n) is 4.61. The molecule has 1 aromatic heterocycles. The van der Waals surface area contributed by atoms with E-state index in [0.717, 1.165) is 17.7 Å². The van der Waals surface area contributed by atoms with Gasteiger partial charge >= 0.3 is 0 Å². The molecule has 1 heterocycles. The number of nitrogens with zero attached hydrogens (tertiary/aromatic N) is 2. The van der Waals surface area contributed by atoms with Crippen LogP contribution in [0.25, 0.3) is 22.3 Å². The van der Waals surface area contributed by atoms with Crippen molar-refractivity contribution in [2.75, 3.05) is 0 Å². The number of fused-ring (bicyclic) bond motifs is 1. The highest BCUT2D eigenvalue weighted by atomic mass is 35.5. The van der Waals surface area contributed by atoms with Gasteiger partial charge < -0.3 is 0 Å². The van der Waals surface area contributed by atoms with Crippen LogP contribution < -0.4 is 0 Å². The zero-order chi connectivity index (χ0) is 15.1.